The SMILES string of the molecule is CCCN(OCC)C(=O)C1=CC(NCCCCCN)=C(C=N)N=C(N)C1. The molecule has 26 heavy (non-hydrogen) atoms. The summed E-state index contributed by atoms with van der Waals surface area (Å²) in [5, 5.41) is 12.2. The molecule has 1 aliphatic rings. The molecule has 0 aromatic carbocycles. The number of amidine groups is 1. The van der Waals surface area contributed by atoms with Crippen molar-refractivity contribution in [3.63, 3.8) is 0 Å². The summed E-state index contributed by atoms with van der Waals surface area (Å²) in [5.74, 6) is 0.0801. The van der Waals surface area contributed by atoms with Crippen molar-refractivity contribution < 1.29 is 9.63 Å². The summed E-state index contributed by atoms with van der Waals surface area (Å²) >= 11 is 0. The lowest BCUT2D eigenvalue weighted by Gasteiger charge is -2.22. The molecule has 0 aromatic heterocycles. The number of carbonyl (C=O) groups excluding carboxylic acids is 1. The second-order valence-electron chi connectivity index (χ2n) is 5.99. The normalized spacial score (nSPS) is 14.4. The van der Waals surface area contributed by atoms with E-state index in [4.69, 9.17) is 21.7 Å². The van der Waals surface area contributed by atoms with E-state index < -0.39 is 0 Å². The van der Waals surface area contributed by atoms with Crippen molar-refractivity contribution >= 4 is 18.0 Å². The average molecular weight is 364 g/mol. The number of nitrogens with two attached hydrogens (primary N) is 2. The molecule has 8 nitrogen and oxygen atoms in total. The van der Waals surface area contributed by atoms with E-state index in [1.54, 1.807) is 6.08 Å². The van der Waals surface area contributed by atoms with E-state index in [0.717, 1.165) is 31.9 Å². The van der Waals surface area contributed by atoms with E-state index in [2.05, 4.69) is 10.3 Å². The number of amides is 1. The van der Waals surface area contributed by atoms with Gasteiger partial charge in [0.15, 0.2) is 0 Å². The number of allylic oxidation sites excluding steroid dienone is 2. The summed E-state index contributed by atoms with van der Waals surface area (Å²) in [5.41, 5.74) is 13.0. The van der Waals surface area contributed by atoms with Crippen molar-refractivity contribution in [2.24, 2.45) is 16.5 Å². The Hall–Kier alpha value is -2.19. The first-order valence-electron chi connectivity index (χ1n) is 9.24. The second kappa shape index (κ2) is 12.2. The highest BCUT2D eigenvalue weighted by atomic mass is 16.7. The molecule has 6 N–H and O–H groups in total. The predicted molar refractivity (Wildman–Crippen MR) is 105 cm³/mol. The number of carbonyl (C=O) groups is 1. The molecule has 0 radical (unpaired) electrons. The van der Waals surface area contributed by atoms with Gasteiger partial charge in [-0.25, -0.2) is 10.1 Å². The van der Waals surface area contributed by atoms with Crippen LogP contribution in [0.5, 0.6) is 0 Å². The summed E-state index contributed by atoms with van der Waals surface area (Å²) < 4.78 is 0. The van der Waals surface area contributed by atoms with E-state index in [-0.39, 0.29) is 12.3 Å². The lowest BCUT2D eigenvalue weighted by molar-refractivity contribution is -0.180. The highest BCUT2D eigenvalue weighted by Gasteiger charge is 2.22. The van der Waals surface area contributed by atoms with E-state index in [0.29, 0.717) is 49.0 Å². The Morgan fingerprint density at radius 3 is 2.81 bits per heavy atom. The van der Waals surface area contributed by atoms with E-state index in [1.165, 1.54) is 5.06 Å². The van der Waals surface area contributed by atoms with Gasteiger partial charge in [0.25, 0.3) is 5.91 Å². The fourth-order valence-electron chi connectivity index (χ4n) is 2.55. The van der Waals surface area contributed by atoms with Gasteiger partial charge in [0.05, 0.1) is 12.3 Å². The molecule has 0 saturated carbocycles. The van der Waals surface area contributed by atoms with Crippen molar-refractivity contribution in [1.82, 2.24) is 10.4 Å². The average Bonchev–Trinajstić information content (AvgIpc) is 2.79. The zero-order chi connectivity index (χ0) is 19.4. The Morgan fingerprint density at radius 2 is 2.19 bits per heavy atom. The number of hydroxylamine groups is 2. The molecule has 8 heteroatoms. The van der Waals surface area contributed by atoms with Gasteiger partial charge >= 0.3 is 0 Å². The maximum absolute atomic E-state index is 12.8. The summed E-state index contributed by atoms with van der Waals surface area (Å²) in [6.07, 6.45) is 6.83. The highest BCUT2D eigenvalue weighted by molar-refractivity contribution is 6.01. The minimum atomic E-state index is -0.222. The van der Waals surface area contributed by atoms with Crippen LogP contribution in [0.15, 0.2) is 28.0 Å². The molecule has 0 atom stereocenters. The van der Waals surface area contributed by atoms with Crippen LogP contribution in [0.2, 0.25) is 0 Å². The molecule has 1 aliphatic heterocycles. The Balaban J connectivity index is 2.99. The van der Waals surface area contributed by atoms with Gasteiger partial charge in [-0.3, -0.25) is 9.63 Å². The third kappa shape index (κ3) is 6.97. The molecule has 0 spiro atoms. The second-order valence-corrected chi connectivity index (χ2v) is 5.99. The zero-order valence-corrected chi connectivity index (χ0v) is 15.9. The van der Waals surface area contributed by atoms with Gasteiger partial charge < -0.3 is 22.2 Å². The monoisotopic (exact) mass is 364 g/mol. The summed E-state index contributed by atoms with van der Waals surface area (Å²) in [7, 11) is 0. The van der Waals surface area contributed by atoms with Gasteiger partial charge in [0.2, 0.25) is 0 Å². The number of nitrogens with zero attached hydrogens (tertiary/aromatic N) is 2. The summed E-state index contributed by atoms with van der Waals surface area (Å²) in [4.78, 5) is 22.5. The van der Waals surface area contributed by atoms with Gasteiger partial charge in [0, 0.05) is 31.3 Å². The van der Waals surface area contributed by atoms with Crippen LogP contribution in [0.3, 0.4) is 0 Å². The number of hydrogen-bond donors (Lipinski definition) is 4. The maximum atomic E-state index is 12.8. The van der Waals surface area contributed by atoms with Gasteiger partial charge in [-0.1, -0.05) is 13.3 Å². The fourth-order valence-corrected chi connectivity index (χ4v) is 2.55. The van der Waals surface area contributed by atoms with Crippen LogP contribution in [-0.4, -0.2) is 49.3 Å². The van der Waals surface area contributed by atoms with Crippen LogP contribution in [0, 0.1) is 5.41 Å². The Labute approximate surface area is 155 Å². The molecule has 0 bridgehead atoms. The molecule has 0 saturated heterocycles. The van der Waals surface area contributed by atoms with Gasteiger partial charge in [0.1, 0.15) is 11.5 Å². The molecule has 1 heterocycles. The topological polar surface area (TPSA) is 130 Å². The first-order valence-corrected chi connectivity index (χ1v) is 9.24. The Morgan fingerprint density at radius 1 is 1.42 bits per heavy atom. The largest absolute Gasteiger partial charge is 0.387 e. The number of aliphatic imine (C=N–C) groups is 1. The summed E-state index contributed by atoms with van der Waals surface area (Å²) in [6.45, 7) is 6.13. The Bertz CT molecular complexity index is 562. The molecule has 1 rings (SSSR count). The van der Waals surface area contributed by atoms with Crippen molar-refractivity contribution in [2.75, 3.05) is 26.2 Å². The molecule has 1 amide bonds. The molecule has 0 aromatic rings. The third-order valence-electron chi connectivity index (χ3n) is 3.78. The molecule has 0 unspecified atom stereocenters. The minimum Gasteiger partial charge on any atom is -0.387 e. The zero-order valence-electron chi connectivity index (χ0n) is 15.9. The van der Waals surface area contributed by atoms with E-state index in [1.807, 2.05) is 13.8 Å². The first kappa shape index (κ1) is 21.9. The molecule has 0 aliphatic carbocycles. The smallest absolute Gasteiger partial charge is 0.273 e. The van der Waals surface area contributed by atoms with Crippen LogP contribution in [0.1, 0.15) is 46.0 Å². The lowest BCUT2D eigenvalue weighted by atomic mass is 10.1. The van der Waals surface area contributed by atoms with Crippen molar-refractivity contribution in [1.29, 1.82) is 5.41 Å². The van der Waals surface area contributed by atoms with E-state index >= 15 is 0 Å². The van der Waals surface area contributed by atoms with Crippen molar-refractivity contribution in [3.8, 4) is 0 Å². The van der Waals surface area contributed by atoms with Crippen molar-refractivity contribution in [3.05, 3.63) is 23.0 Å². The van der Waals surface area contributed by atoms with Gasteiger partial charge in [-0.2, -0.15) is 0 Å². The molecule has 0 fully saturated rings. The standard InChI is InChI=1S/C18H32N6O2/c1-3-10-24(26-4-2)18(25)14-11-15(22-9-7-5-6-8-19)16(13-20)23-17(21)12-14/h11,13,20,22H,3-10,12,19H2,1-2H3,(H2,21,23). The quantitative estimate of drug-likeness (QED) is 0.236. The fraction of sp³-hybridized carbons (Fsp3) is 0.611. The van der Waals surface area contributed by atoms with Gasteiger partial charge in [-0.15, -0.1) is 0 Å². The lowest BCUT2D eigenvalue weighted by Crippen LogP contribution is -2.34. The van der Waals surface area contributed by atoms with Crippen LogP contribution in [0.25, 0.3) is 0 Å². The predicted octanol–water partition coefficient (Wildman–Crippen LogP) is 1.44. The molecule has 146 valence electrons. The number of unbranched alkanes of at least 4 members (excludes halogenated alkanes) is 2. The number of hydrogen-bond acceptors (Lipinski definition) is 7. The minimum absolute atomic E-state index is 0.222. The van der Waals surface area contributed by atoms with Crippen molar-refractivity contribution in [2.45, 2.75) is 46.0 Å². The first-order chi connectivity index (χ1) is 12.6. The van der Waals surface area contributed by atoms with E-state index in [9.17, 15) is 4.79 Å². The maximum Gasteiger partial charge on any atom is 0.273 e. The number of rotatable bonds is 12. The van der Waals surface area contributed by atoms with Crippen LogP contribution < -0.4 is 16.8 Å². The Kier molecular flexibility index (Phi) is 10.3. The van der Waals surface area contributed by atoms with Gasteiger partial charge in [-0.05, 0) is 38.8 Å². The molecular weight excluding hydrogens is 332 g/mol. The number of nitrogens with one attached hydrogen (secondary N) is 2. The van der Waals surface area contributed by atoms with Crippen LogP contribution in [0.4, 0.5) is 0 Å². The van der Waals surface area contributed by atoms with Crippen LogP contribution >= 0.6 is 0 Å². The molecular formula is C18H32N6O2. The third-order valence-corrected chi connectivity index (χ3v) is 3.78. The summed E-state index contributed by atoms with van der Waals surface area (Å²) in [6, 6.07) is 0. The van der Waals surface area contributed by atoms with Crippen LogP contribution in [-0.2, 0) is 9.63 Å². The highest BCUT2D eigenvalue weighted by Crippen LogP contribution is 2.17.